The van der Waals surface area contributed by atoms with Crippen molar-refractivity contribution in [3.05, 3.63) is 54.6 Å². The van der Waals surface area contributed by atoms with Crippen LogP contribution in [0.1, 0.15) is 6.92 Å². The van der Waals surface area contributed by atoms with Crippen molar-refractivity contribution in [2.75, 3.05) is 18.1 Å². The summed E-state index contributed by atoms with van der Waals surface area (Å²) in [5, 5.41) is 19.8. The lowest BCUT2D eigenvalue weighted by Crippen LogP contribution is -1.95. The summed E-state index contributed by atoms with van der Waals surface area (Å²) >= 11 is 0. The van der Waals surface area contributed by atoms with Gasteiger partial charge in [0.05, 0.1) is 34.7 Å². The highest BCUT2D eigenvalue weighted by molar-refractivity contribution is 7.79. The molecular formula is C21H23N5O7S. The molecule has 1 aromatic heterocycles. The predicted octanol–water partition coefficient (Wildman–Crippen LogP) is 3.59. The van der Waals surface area contributed by atoms with E-state index in [1.165, 1.54) is 6.07 Å². The summed E-state index contributed by atoms with van der Waals surface area (Å²) in [4.78, 5) is 4.68. The van der Waals surface area contributed by atoms with Crippen LogP contribution in [0, 0.1) is 0 Å². The normalized spacial score (nSPS) is 11.1. The van der Waals surface area contributed by atoms with Crippen molar-refractivity contribution in [3.63, 3.8) is 0 Å². The molecule has 0 bridgehead atoms. The van der Waals surface area contributed by atoms with Crippen LogP contribution >= 0.6 is 0 Å². The monoisotopic (exact) mass is 489 g/mol. The molecule has 0 aliphatic carbocycles. The quantitative estimate of drug-likeness (QED) is 0.122. The molecule has 4 rings (SSSR count). The number of nitrogens with two attached hydrogens (primary N) is 2. The number of phenolic OH excluding ortho intramolecular Hbond substituents is 1. The molecule has 0 saturated heterocycles. The maximum absolute atomic E-state index is 9.88. The van der Waals surface area contributed by atoms with Gasteiger partial charge in [0.2, 0.25) is 0 Å². The minimum Gasteiger partial charge on any atom is -0.506 e. The Bertz CT molecular complexity index is 1430. The maximum atomic E-state index is 9.88. The third-order valence-electron chi connectivity index (χ3n) is 4.39. The third-order valence-corrected chi connectivity index (χ3v) is 4.39. The van der Waals surface area contributed by atoms with Crippen LogP contribution in [0.5, 0.6) is 11.5 Å². The van der Waals surface area contributed by atoms with E-state index in [2.05, 4.69) is 15.2 Å². The van der Waals surface area contributed by atoms with Crippen LogP contribution in [0.2, 0.25) is 0 Å². The Morgan fingerprint density at radius 1 is 0.971 bits per heavy atom. The lowest BCUT2D eigenvalue weighted by atomic mass is 10.1. The van der Waals surface area contributed by atoms with Crippen LogP contribution in [0.25, 0.3) is 21.8 Å². The fraction of sp³-hybridized carbons (Fsp3) is 0.0952. The Balaban J connectivity index is 0.000000619. The number of nitrogens with zero attached hydrogens (tertiary/aromatic N) is 3. The Hall–Kier alpha value is -4.04. The number of phenols is 1. The van der Waals surface area contributed by atoms with Crippen molar-refractivity contribution in [1.82, 2.24) is 4.98 Å². The summed E-state index contributed by atoms with van der Waals surface area (Å²) in [5.41, 5.74) is 15.5. The number of ether oxygens (including phenoxy) is 1. The van der Waals surface area contributed by atoms with Crippen LogP contribution in [-0.2, 0) is 10.4 Å². The van der Waals surface area contributed by atoms with Gasteiger partial charge in [0.25, 0.3) is 0 Å². The summed E-state index contributed by atoms with van der Waals surface area (Å²) in [5.74, 6) is 0.733. The Labute approximate surface area is 194 Å². The average Bonchev–Trinajstić information content (AvgIpc) is 2.73. The van der Waals surface area contributed by atoms with Crippen molar-refractivity contribution in [3.8, 4) is 11.5 Å². The Morgan fingerprint density at radius 2 is 1.68 bits per heavy atom. The van der Waals surface area contributed by atoms with Gasteiger partial charge in [-0.2, -0.15) is 13.5 Å². The fourth-order valence-electron chi connectivity index (χ4n) is 3.03. The van der Waals surface area contributed by atoms with Gasteiger partial charge in [-0.15, -0.1) is 5.11 Å². The highest BCUT2D eigenvalue weighted by Gasteiger charge is 2.09. The molecule has 9 N–H and O–H groups in total. The topological polar surface area (TPSA) is 225 Å². The number of aromatic hydroxyl groups is 1. The molecule has 13 heteroatoms. The van der Waals surface area contributed by atoms with Gasteiger partial charge >= 0.3 is 10.4 Å². The van der Waals surface area contributed by atoms with Crippen LogP contribution in [0.15, 0.2) is 64.8 Å². The third kappa shape index (κ3) is 6.49. The molecule has 12 nitrogen and oxygen atoms in total. The molecule has 0 spiro atoms. The number of fused-ring (bicyclic) bond motifs is 2. The number of hydrogen-bond acceptors (Lipinski definition) is 9. The summed E-state index contributed by atoms with van der Waals surface area (Å²) in [6.45, 7) is 2.52. The van der Waals surface area contributed by atoms with Crippen molar-refractivity contribution in [1.29, 1.82) is 0 Å². The van der Waals surface area contributed by atoms with E-state index < -0.39 is 10.4 Å². The molecule has 0 aliphatic heterocycles. The van der Waals surface area contributed by atoms with Crippen LogP contribution < -0.4 is 16.2 Å². The molecule has 0 saturated carbocycles. The van der Waals surface area contributed by atoms with Gasteiger partial charge < -0.3 is 26.8 Å². The van der Waals surface area contributed by atoms with Crippen molar-refractivity contribution >= 4 is 55.0 Å². The standard InChI is InChI=1S/C21H19N5O2.H2O4S.H2O/c1-2-28-13-7-9-17-15(11-13)20(23)14-8-6-12(10-18(14)24-17)25-26-21-16(22)4-3-5-19(21)27;1-5(2,3)4;/h3-11,27H,2,22H2,1H3,(H2,23,24);(H2,1,2,3,4);1H2. The molecule has 3 aromatic carbocycles. The van der Waals surface area contributed by atoms with Crippen molar-refractivity contribution in [2.24, 2.45) is 10.2 Å². The number of anilines is 2. The zero-order valence-corrected chi connectivity index (χ0v) is 18.7. The molecule has 4 aromatic rings. The van der Waals surface area contributed by atoms with E-state index in [0.717, 1.165) is 22.0 Å². The molecule has 0 unspecified atom stereocenters. The number of hydrogen-bond donors (Lipinski definition) is 5. The number of rotatable bonds is 4. The molecule has 0 amide bonds. The molecule has 0 fully saturated rings. The number of aromatic nitrogens is 1. The predicted molar refractivity (Wildman–Crippen MR) is 129 cm³/mol. The van der Waals surface area contributed by atoms with E-state index >= 15 is 0 Å². The van der Waals surface area contributed by atoms with Gasteiger partial charge in [-0.05, 0) is 55.5 Å². The highest BCUT2D eigenvalue weighted by Crippen LogP contribution is 2.35. The van der Waals surface area contributed by atoms with Gasteiger partial charge in [-0.25, -0.2) is 4.98 Å². The first kappa shape index (κ1) is 26.2. The highest BCUT2D eigenvalue weighted by atomic mass is 32.3. The van der Waals surface area contributed by atoms with E-state index in [1.54, 1.807) is 24.3 Å². The molecule has 180 valence electrons. The zero-order chi connectivity index (χ0) is 24.2. The number of benzene rings is 3. The number of nitrogen functional groups attached to an aromatic ring is 2. The van der Waals surface area contributed by atoms with E-state index in [0.29, 0.717) is 29.2 Å². The molecule has 0 aliphatic rings. The summed E-state index contributed by atoms with van der Waals surface area (Å²) in [7, 11) is -4.67. The van der Waals surface area contributed by atoms with Gasteiger partial charge in [-0.1, -0.05) is 6.07 Å². The van der Waals surface area contributed by atoms with Gasteiger partial charge in [0.1, 0.15) is 11.5 Å². The van der Waals surface area contributed by atoms with Crippen molar-refractivity contribution < 1.29 is 32.8 Å². The smallest absolute Gasteiger partial charge is 0.394 e. The lowest BCUT2D eigenvalue weighted by molar-refractivity contribution is 0.340. The lowest BCUT2D eigenvalue weighted by Gasteiger charge is -2.09. The van der Waals surface area contributed by atoms with E-state index in [1.807, 2.05) is 31.2 Å². The van der Waals surface area contributed by atoms with E-state index in [-0.39, 0.29) is 16.9 Å². The number of pyridine rings is 1. The van der Waals surface area contributed by atoms with Gasteiger partial charge in [-0.3, -0.25) is 9.11 Å². The first-order valence-electron chi connectivity index (χ1n) is 9.51. The van der Waals surface area contributed by atoms with Crippen LogP contribution in [0.3, 0.4) is 0 Å². The minimum atomic E-state index is -4.67. The summed E-state index contributed by atoms with van der Waals surface area (Å²) in [6.07, 6.45) is 0. The fourth-order valence-corrected chi connectivity index (χ4v) is 3.03. The summed E-state index contributed by atoms with van der Waals surface area (Å²) in [6, 6.07) is 15.9. The van der Waals surface area contributed by atoms with Crippen molar-refractivity contribution in [2.45, 2.75) is 6.92 Å². The Kier molecular flexibility index (Phi) is 8.26. The molecular weight excluding hydrogens is 466 g/mol. The van der Waals surface area contributed by atoms with E-state index in [4.69, 9.17) is 33.7 Å². The zero-order valence-electron chi connectivity index (χ0n) is 17.9. The summed E-state index contributed by atoms with van der Waals surface area (Å²) < 4.78 is 37.1. The average molecular weight is 490 g/mol. The Morgan fingerprint density at radius 3 is 2.32 bits per heavy atom. The molecule has 34 heavy (non-hydrogen) atoms. The van der Waals surface area contributed by atoms with Gasteiger partial charge in [0, 0.05) is 10.8 Å². The largest absolute Gasteiger partial charge is 0.506 e. The molecule has 1 heterocycles. The maximum Gasteiger partial charge on any atom is 0.394 e. The number of azo groups is 1. The van der Waals surface area contributed by atoms with E-state index in [9.17, 15) is 5.11 Å². The second-order valence-corrected chi connectivity index (χ2v) is 7.60. The van der Waals surface area contributed by atoms with Gasteiger partial charge in [0.15, 0.2) is 5.69 Å². The first-order valence-corrected chi connectivity index (χ1v) is 10.9. The minimum absolute atomic E-state index is 0. The molecule has 0 atom stereocenters. The molecule has 0 radical (unpaired) electrons. The van der Waals surface area contributed by atoms with Crippen LogP contribution in [0.4, 0.5) is 22.7 Å². The first-order chi connectivity index (χ1) is 15.6. The SMILES string of the molecule is CCOc1ccc2nc3cc(N=Nc4c(N)cccc4O)ccc3c(N)c2c1.O.O=S(=O)(O)O. The second kappa shape index (κ2) is 10.7. The van der Waals surface area contributed by atoms with Crippen LogP contribution in [-0.4, -0.2) is 39.7 Å². The second-order valence-electron chi connectivity index (χ2n) is 6.70.